The first-order valence-electron chi connectivity index (χ1n) is 6.08. The van der Waals surface area contributed by atoms with Crippen LogP contribution in [-0.2, 0) is 18.5 Å². The number of benzene rings is 1. The van der Waals surface area contributed by atoms with Crippen LogP contribution in [0.1, 0.15) is 28.4 Å². The van der Waals surface area contributed by atoms with Gasteiger partial charge in [-0.1, -0.05) is 6.07 Å². The van der Waals surface area contributed by atoms with E-state index in [0.717, 1.165) is 0 Å². The maximum atomic E-state index is 11.9. The lowest BCUT2D eigenvalue weighted by atomic mass is 10.1. The Labute approximate surface area is 123 Å². The van der Waals surface area contributed by atoms with Gasteiger partial charge in [-0.15, -0.1) is 0 Å². The SMILES string of the molecule is CCOCCOC(=O)c1cc(S(=O)(=O)Cl)c(C)cc1C. The maximum absolute atomic E-state index is 11.9. The molecule has 5 nitrogen and oxygen atoms in total. The Kier molecular flexibility index (Phi) is 5.98. The molecule has 0 aliphatic heterocycles. The number of ether oxygens (including phenoxy) is 2. The molecule has 0 N–H and O–H groups in total. The molecule has 0 saturated heterocycles. The fourth-order valence-corrected chi connectivity index (χ4v) is 2.93. The third-order valence-corrected chi connectivity index (χ3v) is 4.13. The quantitative estimate of drug-likeness (QED) is 0.457. The van der Waals surface area contributed by atoms with Crippen LogP contribution in [0.3, 0.4) is 0 Å². The molecule has 7 heteroatoms. The first kappa shape index (κ1) is 16.9. The van der Waals surface area contributed by atoms with E-state index in [1.807, 2.05) is 6.92 Å². The number of halogens is 1. The van der Waals surface area contributed by atoms with E-state index in [0.29, 0.717) is 24.3 Å². The lowest BCUT2D eigenvalue weighted by molar-refractivity contribution is 0.0334. The fraction of sp³-hybridized carbons (Fsp3) is 0.462. The number of rotatable bonds is 6. The molecule has 0 unspecified atom stereocenters. The number of aryl methyl sites for hydroxylation is 2. The highest BCUT2D eigenvalue weighted by molar-refractivity contribution is 8.13. The van der Waals surface area contributed by atoms with E-state index in [9.17, 15) is 13.2 Å². The van der Waals surface area contributed by atoms with Gasteiger partial charge in [0.25, 0.3) is 9.05 Å². The van der Waals surface area contributed by atoms with Crippen molar-refractivity contribution >= 4 is 25.7 Å². The third kappa shape index (κ3) is 4.47. The summed E-state index contributed by atoms with van der Waals surface area (Å²) in [5, 5.41) is 0. The van der Waals surface area contributed by atoms with Crippen LogP contribution in [-0.4, -0.2) is 34.2 Å². The fourth-order valence-electron chi connectivity index (χ4n) is 1.73. The molecule has 0 saturated carbocycles. The molecule has 1 aromatic carbocycles. The molecule has 112 valence electrons. The first-order chi connectivity index (χ1) is 9.27. The van der Waals surface area contributed by atoms with Gasteiger partial charge in [0.15, 0.2) is 0 Å². The Morgan fingerprint density at radius 1 is 1.20 bits per heavy atom. The highest BCUT2D eigenvalue weighted by atomic mass is 35.7. The number of hydrogen-bond donors (Lipinski definition) is 0. The van der Waals surface area contributed by atoms with Crippen LogP contribution >= 0.6 is 10.7 Å². The second kappa shape index (κ2) is 7.06. The van der Waals surface area contributed by atoms with Crippen LogP contribution in [0, 0.1) is 13.8 Å². The van der Waals surface area contributed by atoms with Gasteiger partial charge >= 0.3 is 5.97 Å². The highest BCUT2D eigenvalue weighted by Gasteiger charge is 2.19. The van der Waals surface area contributed by atoms with Gasteiger partial charge < -0.3 is 9.47 Å². The first-order valence-corrected chi connectivity index (χ1v) is 8.39. The number of esters is 1. The van der Waals surface area contributed by atoms with Crippen molar-refractivity contribution in [1.82, 2.24) is 0 Å². The Morgan fingerprint density at radius 3 is 2.40 bits per heavy atom. The summed E-state index contributed by atoms with van der Waals surface area (Å²) in [6.45, 7) is 6.11. The molecule has 20 heavy (non-hydrogen) atoms. The summed E-state index contributed by atoms with van der Waals surface area (Å²) in [5.74, 6) is -0.594. The molecular weight excluding hydrogens is 304 g/mol. The van der Waals surface area contributed by atoms with Crippen molar-refractivity contribution in [2.75, 3.05) is 19.8 Å². The average molecular weight is 321 g/mol. The molecule has 1 aromatic rings. The van der Waals surface area contributed by atoms with Crippen LogP contribution in [0.4, 0.5) is 0 Å². The Bertz CT molecular complexity index is 595. The van der Waals surface area contributed by atoms with Crippen molar-refractivity contribution in [2.24, 2.45) is 0 Å². The Balaban J connectivity index is 2.98. The molecule has 0 bridgehead atoms. The molecule has 0 aliphatic carbocycles. The van der Waals surface area contributed by atoms with Crippen molar-refractivity contribution in [1.29, 1.82) is 0 Å². The monoisotopic (exact) mass is 320 g/mol. The molecule has 0 heterocycles. The minimum Gasteiger partial charge on any atom is -0.460 e. The molecule has 0 fully saturated rings. The van der Waals surface area contributed by atoms with Gasteiger partial charge in [-0.2, -0.15) is 0 Å². The highest BCUT2D eigenvalue weighted by Crippen LogP contribution is 2.24. The van der Waals surface area contributed by atoms with Crippen molar-refractivity contribution in [2.45, 2.75) is 25.7 Å². The zero-order chi connectivity index (χ0) is 15.3. The van der Waals surface area contributed by atoms with E-state index in [-0.39, 0.29) is 17.1 Å². The summed E-state index contributed by atoms with van der Waals surface area (Å²) >= 11 is 0. The standard InChI is InChI=1S/C13H17ClO5S/c1-4-18-5-6-19-13(15)11-8-12(20(14,16)17)10(3)7-9(11)2/h7-8H,4-6H2,1-3H3. The van der Waals surface area contributed by atoms with Gasteiger partial charge in [0.05, 0.1) is 17.1 Å². The zero-order valence-electron chi connectivity index (χ0n) is 11.6. The molecule has 0 radical (unpaired) electrons. The van der Waals surface area contributed by atoms with E-state index >= 15 is 0 Å². The second-order valence-corrected chi connectivity index (χ2v) is 6.74. The summed E-state index contributed by atoms with van der Waals surface area (Å²) in [7, 11) is 1.44. The smallest absolute Gasteiger partial charge is 0.338 e. The van der Waals surface area contributed by atoms with Gasteiger partial charge in [-0.3, -0.25) is 0 Å². The van der Waals surface area contributed by atoms with Gasteiger partial charge in [-0.05, 0) is 38.0 Å². The molecule has 0 aliphatic rings. The molecule has 0 amide bonds. The number of hydrogen-bond acceptors (Lipinski definition) is 5. The molecule has 0 spiro atoms. The number of carbonyl (C=O) groups is 1. The Morgan fingerprint density at radius 2 is 1.85 bits per heavy atom. The minimum atomic E-state index is -3.90. The predicted octanol–water partition coefficient (Wildman–Crippen LogP) is 2.42. The van der Waals surface area contributed by atoms with Crippen LogP contribution < -0.4 is 0 Å². The Hall–Kier alpha value is -1.11. The second-order valence-electron chi connectivity index (χ2n) is 4.20. The predicted molar refractivity (Wildman–Crippen MR) is 75.7 cm³/mol. The topological polar surface area (TPSA) is 69.7 Å². The van der Waals surface area contributed by atoms with Gasteiger partial charge in [0.2, 0.25) is 0 Å². The third-order valence-electron chi connectivity index (χ3n) is 2.67. The van der Waals surface area contributed by atoms with Gasteiger partial charge in [-0.25, -0.2) is 13.2 Å². The summed E-state index contributed by atoms with van der Waals surface area (Å²) in [6, 6.07) is 2.84. The summed E-state index contributed by atoms with van der Waals surface area (Å²) in [6.07, 6.45) is 0. The van der Waals surface area contributed by atoms with Gasteiger partial charge in [0.1, 0.15) is 6.61 Å². The van der Waals surface area contributed by atoms with Crippen molar-refractivity contribution < 1.29 is 22.7 Å². The largest absolute Gasteiger partial charge is 0.460 e. The minimum absolute atomic E-state index is 0.0819. The van der Waals surface area contributed by atoms with E-state index in [2.05, 4.69) is 0 Å². The molecule has 1 rings (SSSR count). The van der Waals surface area contributed by atoms with Gasteiger partial charge in [0, 0.05) is 17.3 Å². The van der Waals surface area contributed by atoms with Crippen molar-refractivity contribution in [3.63, 3.8) is 0 Å². The van der Waals surface area contributed by atoms with E-state index in [4.69, 9.17) is 20.2 Å². The molecule has 0 aromatic heterocycles. The maximum Gasteiger partial charge on any atom is 0.338 e. The zero-order valence-corrected chi connectivity index (χ0v) is 13.2. The van der Waals surface area contributed by atoms with E-state index < -0.39 is 15.0 Å². The van der Waals surface area contributed by atoms with E-state index in [1.165, 1.54) is 6.07 Å². The summed E-state index contributed by atoms with van der Waals surface area (Å²) in [4.78, 5) is 11.8. The lowest BCUT2D eigenvalue weighted by Gasteiger charge is -2.10. The van der Waals surface area contributed by atoms with Crippen molar-refractivity contribution in [3.05, 3.63) is 28.8 Å². The van der Waals surface area contributed by atoms with Crippen molar-refractivity contribution in [3.8, 4) is 0 Å². The van der Waals surface area contributed by atoms with Crippen LogP contribution in [0.15, 0.2) is 17.0 Å². The van der Waals surface area contributed by atoms with Crippen LogP contribution in [0.2, 0.25) is 0 Å². The summed E-state index contributed by atoms with van der Waals surface area (Å²) < 4.78 is 32.9. The van der Waals surface area contributed by atoms with Crippen LogP contribution in [0.25, 0.3) is 0 Å². The lowest BCUT2D eigenvalue weighted by Crippen LogP contribution is -2.13. The summed E-state index contributed by atoms with van der Waals surface area (Å²) in [5.41, 5.74) is 1.31. The molecular formula is C13H17ClO5S. The average Bonchev–Trinajstić information content (AvgIpc) is 2.32. The molecule has 0 atom stereocenters. The normalized spacial score (nSPS) is 11.4. The van der Waals surface area contributed by atoms with E-state index in [1.54, 1.807) is 19.9 Å². The number of carbonyl (C=O) groups excluding carboxylic acids is 1. The van der Waals surface area contributed by atoms with Crippen LogP contribution in [0.5, 0.6) is 0 Å².